The molecule has 90 valence electrons. The van der Waals surface area contributed by atoms with Crippen molar-refractivity contribution in [2.75, 3.05) is 6.54 Å². The molecule has 1 heterocycles. The van der Waals surface area contributed by atoms with Gasteiger partial charge in [0.25, 0.3) is 0 Å². The molecule has 0 aliphatic heterocycles. The van der Waals surface area contributed by atoms with Gasteiger partial charge in [-0.1, -0.05) is 12.8 Å². The summed E-state index contributed by atoms with van der Waals surface area (Å²) in [6, 6.07) is 0. The molecule has 0 spiro atoms. The number of aryl methyl sites for hydroxylation is 1. The van der Waals surface area contributed by atoms with Gasteiger partial charge < -0.3 is 10.4 Å². The Hall–Kier alpha value is -0.450. The van der Waals surface area contributed by atoms with E-state index < -0.39 is 0 Å². The number of aliphatic hydroxyl groups is 1. The van der Waals surface area contributed by atoms with Gasteiger partial charge in [-0.05, 0) is 25.7 Å². The molecule has 1 aliphatic rings. The molecule has 0 saturated heterocycles. The lowest BCUT2D eigenvalue weighted by atomic mass is 9.86. The minimum absolute atomic E-state index is 0.0987. The molecule has 2 rings (SSSR count). The third-order valence-corrected chi connectivity index (χ3v) is 4.07. The van der Waals surface area contributed by atoms with E-state index in [9.17, 15) is 5.11 Å². The molecule has 2 atom stereocenters. The molecule has 1 aliphatic carbocycles. The highest BCUT2D eigenvalue weighted by Crippen LogP contribution is 2.23. The van der Waals surface area contributed by atoms with E-state index in [0.717, 1.165) is 36.6 Å². The van der Waals surface area contributed by atoms with Crippen LogP contribution >= 0.6 is 11.3 Å². The van der Waals surface area contributed by atoms with Crippen LogP contribution in [0.2, 0.25) is 0 Å². The summed E-state index contributed by atoms with van der Waals surface area (Å²) in [4.78, 5) is 4.41. The zero-order valence-corrected chi connectivity index (χ0v) is 10.6. The normalized spacial score (nSPS) is 25.9. The third-order valence-electron chi connectivity index (χ3n) is 3.25. The molecule has 0 amide bonds. The van der Waals surface area contributed by atoms with Gasteiger partial charge in [0.05, 0.1) is 16.8 Å². The van der Waals surface area contributed by atoms with E-state index in [1.807, 2.05) is 6.92 Å². The predicted octanol–water partition coefficient (Wildman–Crippen LogP) is 2.09. The molecule has 0 aromatic carbocycles. The summed E-state index contributed by atoms with van der Waals surface area (Å²) in [5.41, 5.74) is 1.12. The molecular formula is C12H20N2OS. The zero-order chi connectivity index (χ0) is 11.4. The first kappa shape index (κ1) is 12.0. The summed E-state index contributed by atoms with van der Waals surface area (Å²) in [5.74, 6) is 0.438. The number of nitrogens with one attached hydrogen (secondary N) is 1. The van der Waals surface area contributed by atoms with E-state index >= 15 is 0 Å². The monoisotopic (exact) mass is 240 g/mol. The molecule has 0 radical (unpaired) electrons. The smallest absolute Gasteiger partial charge is 0.0897 e. The SMILES string of the molecule is Cc1nc(CNCC2CCCCC2O)cs1. The number of aliphatic hydroxyl groups excluding tert-OH is 1. The molecule has 16 heavy (non-hydrogen) atoms. The fourth-order valence-electron chi connectivity index (χ4n) is 2.30. The van der Waals surface area contributed by atoms with Crippen molar-refractivity contribution in [1.82, 2.24) is 10.3 Å². The largest absolute Gasteiger partial charge is 0.393 e. The van der Waals surface area contributed by atoms with Crippen molar-refractivity contribution >= 4 is 11.3 Å². The highest BCUT2D eigenvalue weighted by atomic mass is 32.1. The van der Waals surface area contributed by atoms with E-state index in [2.05, 4.69) is 15.7 Å². The van der Waals surface area contributed by atoms with Gasteiger partial charge in [-0.2, -0.15) is 0 Å². The average Bonchev–Trinajstić information content (AvgIpc) is 2.67. The van der Waals surface area contributed by atoms with E-state index in [4.69, 9.17) is 0 Å². The van der Waals surface area contributed by atoms with Crippen LogP contribution in [0.3, 0.4) is 0 Å². The van der Waals surface area contributed by atoms with Crippen LogP contribution in [0.4, 0.5) is 0 Å². The summed E-state index contributed by atoms with van der Waals surface area (Å²) in [6.07, 6.45) is 4.48. The number of aromatic nitrogens is 1. The van der Waals surface area contributed by atoms with Crippen molar-refractivity contribution in [3.63, 3.8) is 0 Å². The fourth-order valence-corrected chi connectivity index (χ4v) is 2.91. The molecule has 1 fully saturated rings. The van der Waals surface area contributed by atoms with E-state index in [0.29, 0.717) is 5.92 Å². The molecule has 2 unspecified atom stereocenters. The van der Waals surface area contributed by atoms with E-state index in [1.54, 1.807) is 11.3 Å². The molecule has 1 aromatic rings. The van der Waals surface area contributed by atoms with E-state index in [1.165, 1.54) is 12.8 Å². The van der Waals surface area contributed by atoms with Crippen molar-refractivity contribution in [2.24, 2.45) is 5.92 Å². The van der Waals surface area contributed by atoms with E-state index in [-0.39, 0.29) is 6.10 Å². The maximum absolute atomic E-state index is 9.82. The molecule has 1 aromatic heterocycles. The first-order valence-electron chi connectivity index (χ1n) is 6.05. The minimum Gasteiger partial charge on any atom is -0.393 e. The van der Waals surface area contributed by atoms with Gasteiger partial charge in [0.1, 0.15) is 0 Å². The van der Waals surface area contributed by atoms with Crippen molar-refractivity contribution < 1.29 is 5.11 Å². The molecule has 2 N–H and O–H groups in total. The summed E-state index contributed by atoms with van der Waals surface area (Å²) in [7, 11) is 0. The lowest BCUT2D eigenvalue weighted by Gasteiger charge is -2.27. The fraction of sp³-hybridized carbons (Fsp3) is 0.750. The molecular weight excluding hydrogens is 220 g/mol. The number of nitrogens with zero attached hydrogens (tertiary/aromatic N) is 1. The second-order valence-electron chi connectivity index (χ2n) is 4.60. The van der Waals surface area contributed by atoms with Crippen LogP contribution in [0, 0.1) is 12.8 Å². The number of rotatable bonds is 4. The Kier molecular flexibility index (Phi) is 4.32. The first-order valence-corrected chi connectivity index (χ1v) is 6.93. The van der Waals surface area contributed by atoms with Gasteiger partial charge in [0.2, 0.25) is 0 Å². The van der Waals surface area contributed by atoms with Crippen molar-refractivity contribution in [2.45, 2.75) is 45.3 Å². The van der Waals surface area contributed by atoms with Crippen LogP contribution in [0.25, 0.3) is 0 Å². The van der Waals surface area contributed by atoms with Crippen LogP contribution in [-0.4, -0.2) is 22.7 Å². The van der Waals surface area contributed by atoms with Crippen molar-refractivity contribution in [3.8, 4) is 0 Å². The van der Waals surface area contributed by atoms with Gasteiger partial charge in [-0.25, -0.2) is 4.98 Å². The van der Waals surface area contributed by atoms with Gasteiger partial charge in [-0.3, -0.25) is 0 Å². The third kappa shape index (κ3) is 3.27. The molecule has 1 saturated carbocycles. The predicted molar refractivity (Wildman–Crippen MR) is 66.5 cm³/mol. The summed E-state index contributed by atoms with van der Waals surface area (Å²) in [6.45, 7) is 3.77. The number of hydrogen-bond acceptors (Lipinski definition) is 4. The zero-order valence-electron chi connectivity index (χ0n) is 9.78. The maximum atomic E-state index is 9.82. The highest BCUT2D eigenvalue weighted by Gasteiger charge is 2.22. The van der Waals surface area contributed by atoms with Gasteiger partial charge in [0.15, 0.2) is 0 Å². The van der Waals surface area contributed by atoms with Crippen molar-refractivity contribution in [3.05, 3.63) is 16.1 Å². The lowest BCUT2D eigenvalue weighted by Crippen LogP contribution is -2.33. The van der Waals surface area contributed by atoms with Crippen LogP contribution in [0.5, 0.6) is 0 Å². The minimum atomic E-state index is -0.0987. The number of thiazole rings is 1. The Bertz CT molecular complexity index is 327. The van der Waals surface area contributed by atoms with Gasteiger partial charge in [-0.15, -0.1) is 11.3 Å². The van der Waals surface area contributed by atoms with Crippen LogP contribution in [0.15, 0.2) is 5.38 Å². The Morgan fingerprint density at radius 1 is 1.50 bits per heavy atom. The first-order chi connectivity index (χ1) is 7.75. The second kappa shape index (κ2) is 5.75. The second-order valence-corrected chi connectivity index (χ2v) is 5.66. The summed E-state index contributed by atoms with van der Waals surface area (Å²) in [5, 5.41) is 16.4. The van der Waals surface area contributed by atoms with Crippen LogP contribution in [-0.2, 0) is 6.54 Å². The molecule has 3 nitrogen and oxygen atoms in total. The Balaban J connectivity index is 1.71. The maximum Gasteiger partial charge on any atom is 0.0897 e. The van der Waals surface area contributed by atoms with Crippen LogP contribution < -0.4 is 5.32 Å². The number of hydrogen-bond donors (Lipinski definition) is 2. The summed E-state index contributed by atoms with van der Waals surface area (Å²) >= 11 is 1.69. The van der Waals surface area contributed by atoms with Gasteiger partial charge in [0, 0.05) is 18.5 Å². The lowest BCUT2D eigenvalue weighted by molar-refractivity contribution is 0.0694. The topological polar surface area (TPSA) is 45.2 Å². The highest BCUT2D eigenvalue weighted by molar-refractivity contribution is 7.09. The Morgan fingerprint density at radius 3 is 3.00 bits per heavy atom. The van der Waals surface area contributed by atoms with Gasteiger partial charge >= 0.3 is 0 Å². The molecule has 0 bridgehead atoms. The molecule has 4 heteroatoms. The summed E-state index contributed by atoms with van der Waals surface area (Å²) < 4.78 is 0. The Labute approximate surface area is 101 Å². The Morgan fingerprint density at radius 2 is 2.31 bits per heavy atom. The standard InChI is InChI=1S/C12H20N2OS/c1-9-14-11(8-16-9)7-13-6-10-4-2-3-5-12(10)15/h8,10,12-13,15H,2-7H2,1H3. The quantitative estimate of drug-likeness (QED) is 0.847. The van der Waals surface area contributed by atoms with Crippen molar-refractivity contribution in [1.29, 1.82) is 0 Å². The average molecular weight is 240 g/mol. The van der Waals surface area contributed by atoms with Crippen LogP contribution in [0.1, 0.15) is 36.4 Å².